The first-order valence-corrected chi connectivity index (χ1v) is 7.16. The number of anilines is 1. The molecule has 1 fully saturated rings. The van der Waals surface area contributed by atoms with Crippen LogP contribution in [0.15, 0.2) is 18.2 Å². The number of nitrogens with two attached hydrogens (primary N) is 1. The van der Waals surface area contributed by atoms with Crippen molar-refractivity contribution >= 4 is 28.6 Å². The van der Waals surface area contributed by atoms with Crippen molar-refractivity contribution < 1.29 is 5.11 Å². The van der Waals surface area contributed by atoms with Gasteiger partial charge in [-0.3, -0.25) is 0 Å². The van der Waals surface area contributed by atoms with E-state index >= 15 is 0 Å². The van der Waals surface area contributed by atoms with E-state index in [1.165, 1.54) is 0 Å². The molecule has 1 aromatic carbocycles. The molecule has 2 aromatic rings. The van der Waals surface area contributed by atoms with E-state index in [0.29, 0.717) is 11.0 Å². The van der Waals surface area contributed by atoms with Crippen molar-refractivity contribution in [2.24, 2.45) is 0 Å². The summed E-state index contributed by atoms with van der Waals surface area (Å²) >= 11 is 6.29. The molecule has 1 aliphatic carbocycles. The molecule has 0 radical (unpaired) electrons. The molecule has 1 saturated carbocycles. The minimum absolute atomic E-state index is 0.0209. The molecule has 0 aliphatic heterocycles. The maximum Gasteiger partial charge on any atom is 0.201 e. The summed E-state index contributed by atoms with van der Waals surface area (Å²) in [5.74, 6) is 0.439. The monoisotopic (exact) mass is 279 g/mol. The number of fused-ring (bicyclic) bond motifs is 1. The fourth-order valence-corrected chi connectivity index (χ4v) is 3.29. The van der Waals surface area contributed by atoms with Crippen LogP contribution in [0.4, 0.5) is 5.95 Å². The number of imidazole rings is 1. The van der Waals surface area contributed by atoms with Crippen molar-refractivity contribution in [2.45, 2.75) is 44.2 Å². The molecule has 1 aliphatic rings. The Balaban J connectivity index is 2.15. The molecule has 0 saturated heterocycles. The van der Waals surface area contributed by atoms with Gasteiger partial charge in [-0.05, 0) is 25.0 Å². The number of aromatic nitrogens is 2. The Hall–Kier alpha value is -1.26. The first-order valence-electron chi connectivity index (χ1n) is 6.78. The van der Waals surface area contributed by atoms with Crippen molar-refractivity contribution in [3.8, 4) is 0 Å². The van der Waals surface area contributed by atoms with Crippen molar-refractivity contribution in [2.75, 3.05) is 5.73 Å². The largest absolute Gasteiger partial charge is 0.391 e. The Labute approximate surface area is 117 Å². The number of rotatable bonds is 1. The molecule has 5 heteroatoms. The zero-order valence-electron chi connectivity index (χ0n) is 10.7. The number of aliphatic hydroxyl groups is 1. The number of aliphatic hydroxyl groups excluding tert-OH is 1. The van der Waals surface area contributed by atoms with Crippen molar-refractivity contribution in [1.29, 1.82) is 0 Å². The number of benzene rings is 1. The Morgan fingerprint density at radius 2 is 2.05 bits per heavy atom. The second-order valence-corrected chi connectivity index (χ2v) is 5.63. The molecule has 19 heavy (non-hydrogen) atoms. The van der Waals surface area contributed by atoms with Gasteiger partial charge >= 0.3 is 0 Å². The Kier molecular flexibility index (Phi) is 3.37. The lowest BCUT2D eigenvalue weighted by atomic mass is 10.1. The number of halogens is 1. The number of hydrogen-bond donors (Lipinski definition) is 2. The second-order valence-electron chi connectivity index (χ2n) is 5.22. The molecule has 0 spiro atoms. The van der Waals surface area contributed by atoms with Crippen LogP contribution in [-0.4, -0.2) is 20.8 Å². The van der Waals surface area contributed by atoms with Crippen molar-refractivity contribution in [1.82, 2.24) is 9.55 Å². The molecule has 1 aromatic heterocycles. The maximum absolute atomic E-state index is 10.3. The van der Waals surface area contributed by atoms with Gasteiger partial charge in [0.1, 0.15) is 0 Å². The van der Waals surface area contributed by atoms with Crippen LogP contribution in [0.3, 0.4) is 0 Å². The molecule has 3 rings (SSSR count). The summed E-state index contributed by atoms with van der Waals surface area (Å²) in [5.41, 5.74) is 7.68. The van der Waals surface area contributed by atoms with E-state index < -0.39 is 0 Å². The number of nitrogen functional groups attached to an aromatic ring is 1. The van der Waals surface area contributed by atoms with E-state index in [0.717, 1.165) is 43.1 Å². The van der Waals surface area contributed by atoms with E-state index in [1.54, 1.807) is 0 Å². The van der Waals surface area contributed by atoms with Gasteiger partial charge in [0.2, 0.25) is 5.95 Å². The van der Waals surface area contributed by atoms with Gasteiger partial charge in [0.05, 0.1) is 28.2 Å². The fraction of sp³-hybridized carbons (Fsp3) is 0.500. The van der Waals surface area contributed by atoms with Gasteiger partial charge < -0.3 is 15.4 Å². The Morgan fingerprint density at radius 1 is 1.26 bits per heavy atom. The van der Waals surface area contributed by atoms with Crippen LogP contribution in [0, 0.1) is 0 Å². The summed E-state index contributed by atoms with van der Waals surface area (Å²) in [6, 6.07) is 5.58. The third-order valence-electron chi connectivity index (χ3n) is 3.96. The molecule has 0 bridgehead atoms. The normalized spacial score (nSPS) is 24.5. The lowest BCUT2D eigenvalue weighted by Gasteiger charge is -2.24. The molecule has 2 atom stereocenters. The number of hydrogen-bond acceptors (Lipinski definition) is 3. The van der Waals surface area contributed by atoms with Gasteiger partial charge in [-0.2, -0.15) is 0 Å². The quantitative estimate of drug-likeness (QED) is 0.788. The van der Waals surface area contributed by atoms with Crippen LogP contribution in [0.1, 0.15) is 38.1 Å². The zero-order valence-corrected chi connectivity index (χ0v) is 11.5. The van der Waals surface area contributed by atoms with Crippen molar-refractivity contribution in [3.05, 3.63) is 23.2 Å². The zero-order chi connectivity index (χ0) is 13.4. The maximum atomic E-state index is 10.3. The van der Waals surface area contributed by atoms with Gasteiger partial charge in [0.15, 0.2) is 0 Å². The number of nitrogens with zero attached hydrogens (tertiary/aromatic N) is 2. The lowest BCUT2D eigenvalue weighted by molar-refractivity contribution is 0.108. The van der Waals surface area contributed by atoms with Gasteiger partial charge in [0, 0.05) is 0 Å². The minimum atomic E-state index is -0.376. The Bertz CT molecular complexity index is 596. The van der Waals surface area contributed by atoms with E-state index in [-0.39, 0.29) is 12.1 Å². The van der Waals surface area contributed by atoms with Crippen LogP contribution in [0.2, 0.25) is 5.02 Å². The van der Waals surface area contributed by atoms with Gasteiger partial charge in [-0.1, -0.05) is 36.9 Å². The first-order chi connectivity index (χ1) is 9.18. The van der Waals surface area contributed by atoms with Crippen LogP contribution >= 0.6 is 11.6 Å². The molecule has 0 amide bonds. The predicted molar refractivity (Wildman–Crippen MR) is 77.3 cm³/mol. The highest BCUT2D eigenvalue weighted by atomic mass is 35.5. The fourth-order valence-electron chi connectivity index (χ4n) is 3.03. The first kappa shape index (κ1) is 12.8. The summed E-state index contributed by atoms with van der Waals surface area (Å²) < 4.78 is 1.92. The molecule has 4 nitrogen and oxygen atoms in total. The number of para-hydroxylation sites is 1. The summed E-state index contributed by atoms with van der Waals surface area (Å²) in [6.45, 7) is 0. The van der Waals surface area contributed by atoms with Gasteiger partial charge in [0.25, 0.3) is 0 Å². The third kappa shape index (κ3) is 2.19. The second kappa shape index (κ2) is 5.02. The molecule has 102 valence electrons. The highest BCUT2D eigenvalue weighted by Crippen LogP contribution is 2.35. The summed E-state index contributed by atoms with van der Waals surface area (Å²) in [7, 11) is 0. The average molecular weight is 280 g/mol. The summed E-state index contributed by atoms with van der Waals surface area (Å²) in [5, 5.41) is 11.0. The standard InChI is InChI=1S/C14H18ClN3O/c15-9-5-4-6-10-13(9)18(14(16)17-10)11-7-2-1-3-8-12(11)19/h4-6,11-12,19H,1-3,7-8H2,(H2,16,17). The molecule has 1 heterocycles. The van der Waals surface area contributed by atoms with Crippen LogP contribution in [0.25, 0.3) is 11.0 Å². The topological polar surface area (TPSA) is 64.1 Å². The predicted octanol–water partition coefficient (Wildman–Crippen LogP) is 3.14. The summed E-state index contributed by atoms with van der Waals surface area (Å²) in [6.07, 6.45) is 4.69. The highest BCUT2D eigenvalue weighted by Gasteiger charge is 2.27. The summed E-state index contributed by atoms with van der Waals surface area (Å²) in [4.78, 5) is 4.36. The molecular weight excluding hydrogens is 262 g/mol. The van der Waals surface area contributed by atoms with Gasteiger partial charge in [-0.15, -0.1) is 0 Å². The van der Waals surface area contributed by atoms with Crippen LogP contribution < -0.4 is 5.73 Å². The Morgan fingerprint density at radius 3 is 2.89 bits per heavy atom. The molecular formula is C14H18ClN3O. The van der Waals surface area contributed by atoms with Gasteiger partial charge in [-0.25, -0.2) is 4.98 Å². The van der Waals surface area contributed by atoms with E-state index in [4.69, 9.17) is 17.3 Å². The smallest absolute Gasteiger partial charge is 0.201 e. The van der Waals surface area contributed by atoms with E-state index in [1.807, 2.05) is 22.8 Å². The van der Waals surface area contributed by atoms with E-state index in [2.05, 4.69) is 4.98 Å². The van der Waals surface area contributed by atoms with E-state index in [9.17, 15) is 5.11 Å². The lowest BCUT2D eigenvalue weighted by Crippen LogP contribution is -2.24. The molecule has 2 unspecified atom stereocenters. The molecule has 3 N–H and O–H groups in total. The SMILES string of the molecule is Nc1nc2cccc(Cl)c2n1C1CCCCCC1O. The third-order valence-corrected chi connectivity index (χ3v) is 4.27. The van der Waals surface area contributed by atoms with Crippen LogP contribution in [0.5, 0.6) is 0 Å². The van der Waals surface area contributed by atoms with Crippen molar-refractivity contribution in [3.63, 3.8) is 0 Å². The highest BCUT2D eigenvalue weighted by molar-refractivity contribution is 6.35. The minimum Gasteiger partial charge on any atom is -0.391 e. The van der Waals surface area contributed by atoms with Crippen LogP contribution in [-0.2, 0) is 0 Å². The average Bonchev–Trinajstić information content (AvgIpc) is 2.57.